The predicted octanol–water partition coefficient (Wildman–Crippen LogP) is 7.33. The van der Waals surface area contributed by atoms with Gasteiger partial charge in [-0.1, -0.05) is 66.7 Å². The molecular formula is C24H14N2S. The Balaban J connectivity index is 1.68. The number of benzene rings is 3. The highest BCUT2D eigenvalue weighted by atomic mass is 32.1. The summed E-state index contributed by atoms with van der Waals surface area (Å²) in [5.74, 6) is 0. The number of nitrogens with zero attached hydrogens (tertiary/aromatic N) is 2. The molecule has 5 rings (SSSR count). The molecule has 0 aliphatic carbocycles. The maximum absolute atomic E-state index is 7.45. The first-order chi connectivity index (χ1) is 13.3. The van der Waals surface area contributed by atoms with E-state index in [-0.39, 0.29) is 0 Å². The molecule has 0 amide bonds. The highest BCUT2D eigenvalue weighted by Crippen LogP contribution is 2.43. The van der Waals surface area contributed by atoms with Crippen LogP contribution in [0.2, 0.25) is 0 Å². The molecule has 0 radical (unpaired) electrons. The molecule has 5 aromatic rings. The molecule has 3 aromatic carbocycles. The van der Waals surface area contributed by atoms with Gasteiger partial charge in [-0.25, -0.2) is 4.85 Å². The molecule has 0 bridgehead atoms. The van der Waals surface area contributed by atoms with Crippen LogP contribution in [-0.2, 0) is 0 Å². The summed E-state index contributed by atoms with van der Waals surface area (Å²) in [6.45, 7) is 7.45. The van der Waals surface area contributed by atoms with Crippen molar-refractivity contribution in [2.45, 2.75) is 0 Å². The van der Waals surface area contributed by atoms with E-state index in [0.29, 0.717) is 0 Å². The van der Waals surface area contributed by atoms with Gasteiger partial charge in [-0.3, -0.25) is 4.98 Å². The Labute approximate surface area is 161 Å². The van der Waals surface area contributed by atoms with Crippen molar-refractivity contribution in [2.75, 3.05) is 0 Å². The summed E-state index contributed by atoms with van der Waals surface area (Å²) in [6.07, 6.45) is 3.67. The molecule has 0 unspecified atom stereocenters. The molecule has 0 spiro atoms. The van der Waals surface area contributed by atoms with Gasteiger partial charge in [0.2, 0.25) is 5.69 Å². The van der Waals surface area contributed by atoms with Gasteiger partial charge in [-0.15, -0.1) is 11.3 Å². The summed E-state index contributed by atoms with van der Waals surface area (Å²) in [5, 5.41) is 2.38. The van der Waals surface area contributed by atoms with Crippen LogP contribution in [0.4, 0.5) is 5.69 Å². The fraction of sp³-hybridized carbons (Fsp3) is 0. The Kier molecular flexibility index (Phi) is 3.71. The summed E-state index contributed by atoms with van der Waals surface area (Å²) < 4.78 is 2.31. The highest BCUT2D eigenvalue weighted by Gasteiger charge is 2.12. The van der Waals surface area contributed by atoms with Gasteiger partial charge in [-0.05, 0) is 39.1 Å². The van der Waals surface area contributed by atoms with Crippen LogP contribution in [-0.4, -0.2) is 4.98 Å². The summed E-state index contributed by atoms with van der Waals surface area (Å²) in [5.41, 5.74) is 5.40. The largest absolute Gasteiger partial charge is 0.264 e. The van der Waals surface area contributed by atoms with E-state index in [1.807, 2.05) is 24.4 Å². The van der Waals surface area contributed by atoms with Gasteiger partial charge in [-0.2, -0.15) is 0 Å². The van der Waals surface area contributed by atoms with E-state index in [9.17, 15) is 0 Å². The van der Waals surface area contributed by atoms with Crippen LogP contribution in [0.1, 0.15) is 0 Å². The molecule has 0 atom stereocenters. The Bertz CT molecular complexity index is 1310. The number of aromatic nitrogens is 1. The number of rotatable bonds is 2. The number of pyridine rings is 1. The predicted molar refractivity (Wildman–Crippen MR) is 114 cm³/mol. The van der Waals surface area contributed by atoms with Gasteiger partial charge < -0.3 is 0 Å². The van der Waals surface area contributed by atoms with Crippen molar-refractivity contribution in [1.82, 2.24) is 4.98 Å². The normalized spacial score (nSPS) is 10.9. The van der Waals surface area contributed by atoms with Gasteiger partial charge in [0.1, 0.15) is 0 Å². The number of hydrogen-bond acceptors (Lipinski definition) is 2. The summed E-state index contributed by atoms with van der Waals surface area (Å²) in [4.78, 5) is 7.90. The Morgan fingerprint density at radius 1 is 0.704 bits per heavy atom. The second-order valence-electron chi connectivity index (χ2n) is 6.37. The molecule has 0 aliphatic heterocycles. The fourth-order valence-corrected chi connectivity index (χ4v) is 4.79. The molecule has 2 heterocycles. The maximum Gasteiger partial charge on any atom is 0.204 e. The van der Waals surface area contributed by atoms with Crippen LogP contribution < -0.4 is 0 Å². The zero-order chi connectivity index (χ0) is 18.2. The standard InChI is InChI=1S/C24H14N2S/c1-25-22-9-3-8-21-20-7-2-6-19(23(20)27-24(21)22)17-12-10-16(11-13-17)18-5-4-14-26-15-18/h2-15H. The van der Waals surface area contributed by atoms with Crippen molar-refractivity contribution in [1.29, 1.82) is 0 Å². The lowest BCUT2D eigenvalue weighted by molar-refractivity contribution is 1.33. The average molecular weight is 362 g/mol. The smallest absolute Gasteiger partial charge is 0.204 e. The number of hydrogen-bond donors (Lipinski definition) is 0. The zero-order valence-corrected chi connectivity index (χ0v) is 15.2. The van der Waals surface area contributed by atoms with Crippen molar-refractivity contribution >= 4 is 37.2 Å². The van der Waals surface area contributed by atoms with Crippen LogP contribution in [0.5, 0.6) is 0 Å². The lowest BCUT2D eigenvalue weighted by Gasteiger charge is -2.06. The molecule has 2 nitrogen and oxygen atoms in total. The SMILES string of the molecule is [C-]#[N+]c1cccc2c1sc1c(-c3ccc(-c4cccnc4)cc3)cccc12. The molecule has 27 heavy (non-hydrogen) atoms. The third-order valence-electron chi connectivity index (χ3n) is 4.81. The summed E-state index contributed by atoms with van der Waals surface area (Å²) in [7, 11) is 0. The molecule has 0 saturated carbocycles. The third kappa shape index (κ3) is 2.59. The van der Waals surface area contributed by atoms with E-state index in [2.05, 4.69) is 64.4 Å². The van der Waals surface area contributed by atoms with Crippen LogP contribution in [0.15, 0.2) is 85.2 Å². The van der Waals surface area contributed by atoms with E-state index in [0.717, 1.165) is 26.9 Å². The number of thiophene rings is 1. The third-order valence-corrected chi connectivity index (χ3v) is 6.09. The van der Waals surface area contributed by atoms with Crippen LogP contribution in [0.25, 0.3) is 47.3 Å². The van der Waals surface area contributed by atoms with Gasteiger partial charge in [0.15, 0.2) is 0 Å². The van der Waals surface area contributed by atoms with Gasteiger partial charge in [0.05, 0.1) is 6.57 Å². The molecule has 2 aromatic heterocycles. The molecule has 126 valence electrons. The number of fused-ring (bicyclic) bond motifs is 3. The van der Waals surface area contributed by atoms with Gasteiger partial charge in [0, 0.05) is 21.8 Å². The minimum Gasteiger partial charge on any atom is -0.264 e. The van der Waals surface area contributed by atoms with E-state index in [1.165, 1.54) is 21.2 Å². The first-order valence-electron chi connectivity index (χ1n) is 8.68. The van der Waals surface area contributed by atoms with Crippen LogP contribution in [0.3, 0.4) is 0 Å². The lowest BCUT2D eigenvalue weighted by atomic mass is 9.99. The summed E-state index contributed by atoms with van der Waals surface area (Å²) >= 11 is 1.71. The van der Waals surface area contributed by atoms with Gasteiger partial charge in [0.25, 0.3) is 0 Å². The van der Waals surface area contributed by atoms with Gasteiger partial charge >= 0.3 is 0 Å². The maximum atomic E-state index is 7.45. The van der Waals surface area contributed by atoms with E-state index < -0.39 is 0 Å². The monoisotopic (exact) mass is 362 g/mol. The second kappa shape index (κ2) is 6.35. The van der Waals surface area contributed by atoms with Crippen LogP contribution in [0, 0.1) is 6.57 Å². The molecule has 0 N–H and O–H groups in total. The molecular weight excluding hydrogens is 348 g/mol. The quantitative estimate of drug-likeness (QED) is 0.300. The van der Waals surface area contributed by atoms with Crippen molar-refractivity contribution in [3.8, 4) is 22.3 Å². The minimum atomic E-state index is 0.728. The molecule has 0 fully saturated rings. The molecule has 3 heteroatoms. The van der Waals surface area contributed by atoms with Crippen LogP contribution >= 0.6 is 11.3 Å². The highest BCUT2D eigenvalue weighted by molar-refractivity contribution is 7.27. The minimum absolute atomic E-state index is 0.728. The van der Waals surface area contributed by atoms with E-state index in [4.69, 9.17) is 6.57 Å². The van der Waals surface area contributed by atoms with Crippen molar-refractivity contribution < 1.29 is 0 Å². The Morgan fingerprint density at radius 3 is 2.19 bits per heavy atom. The Morgan fingerprint density at radius 2 is 1.44 bits per heavy atom. The van der Waals surface area contributed by atoms with Crippen molar-refractivity contribution in [3.05, 3.63) is 96.6 Å². The average Bonchev–Trinajstić information content (AvgIpc) is 3.13. The topological polar surface area (TPSA) is 17.2 Å². The van der Waals surface area contributed by atoms with Crippen molar-refractivity contribution in [2.24, 2.45) is 0 Å². The van der Waals surface area contributed by atoms with Crippen molar-refractivity contribution in [3.63, 3.8) is 0 Å². The first kappa shape index (κ1) is 15.7. The fourth-order valence-electron chi connectivity index (χ4n) is 3.50. The molecule has 0 saturated heterocycles. The van der Waals surface area contributed by atoms with E-state index in [1.54, 1.807) is 17.5 Å². The first-order valence-corrected chi connectivity index (χ1v) is 9.49. The lowest BCUT2D eigenvalue weighted by Crippen LogP contribution is -1.81. The zero-order valence-electron chi connectivity index (χ0n) is 14.4. The van der Waals surface area contributed by atoms with E-state index >= 15 is 0 Å². The second-order valence-corrected chi connectivity index (χ2v) is 7.39. The molecule has 0 aliphatic rings. The summed E-state index contributed by atoms with van der Waals surface area (Å²) in [6, 6.07) is 25.0. The Hall–Kier alpha value is -3.48.